The van der Waals surface area contributed by atoms with Crippen molar-refractivity contribution < 1.29 is 32.5 Å². The Morgan fingerprint density at radius 3 is 2.44 bits per heavy atom. The monoisotopic (exact) mass is 489 g/mol. The SMILES string of the molecule is CCCON(C(=O)c1ccno1)C(CNc1ccccn1)(NS(=O)(=O)c1ccccc1)C(=O)O. The first-order chi connectivity index (χ1) is 16.3. The van der Waals surface area contributed by atoms with Gasteiger partial charge >= 0.3 is 11.9 Å². The van der Waals surface area contributed by atoms with Gasteiger partial charge in [-0.05, 0) is 30.7 Å². The number of amides is 1. The fraction of sp³-hybridized carbons (Fsp3) is 0.238. The molecule has 0 fully saturated rings. The minimum atomic E-state index is -4.45. The van der Waals surface area contributed by atoms with Crippen molar-refractivity contribution in [2.45, 2.75) is 23.9 Å². The Kier molecular flexibility index (Phi) is 7.94. The highest BCUT2D eigenvalue weighted by Crippen LogP contribution is 2.23. The van der Waals surface area contributed by atoms with E-state index in [0.29, 0.717) is 11.5 Å². The molecule has 0 saturated heterocycles. The normalized spacial score (nSPS) is 13.1. The number of carboxylic acid groups (broad SMARTS) is 1. The number of nitrogens with one attached hydrogen (secondary N) is 2. The molecule has 1 atom stereocenters. The molecule has 2 aromatic heterocycles. The fourth-order valence-corrected chi connectivity index (χ4v) is 4.19. The average Bonchev–Trinajstić information content (AvgIpc) is 3.38. The second kappa shape index (κ2) is 10.9. The first-order valence-corrected chi connectivity index (χ1v) is 11.6. The summed E-state index contributed by atoms with van der Waals surface area (Å²) >= 11 is 0. The van der Waals surface area contributed by atoms with E-state index >= 15 is 0 Å². The summed E-state index contributed by atoms with van der Waals surface area (Å²) < 4.78 is 33.4. The van der Waals surface area contributed by atoms with E-state index in [1.54, 1.807) is 31.2 Å². The minimum absolute atomic E-state index is 0.0917. The maximum atomic E-state index is 13.2. The van der Waals surface area contributed by atoms with Crippen LogP contribution in [0.3, 0.4) is 0 Å². The summed E-state index contributed by atoms with van der Waals surface area (Å²) in [4.78, 5) is 35.3. The molecule has 3 aromatic rings. The van der Waals surface area contributed by atoms with Crippen LogP contribution in [0.1, 0.15) is 23.9 Å². The number of carbonyl (C=O) groups excluding carboxylic acids is 1. The van der Waals surface area contributed by atoms with E-state index in [0.717, 1.165) is 0 Å². The zero-order valence-electron chi connectivity index (χ0n) is 18.1. The molecule has 1 amide bonds. The van der Waals surface area contributed by atoms with Crippen LogP contribution >= 0.6 is 0 Å². The third kappa shape index (κ3) is 5.57. The van der Waals surface area contributed by atoms with Gasteiger partial charge in [-0.1, -0.05) is 36.3 Å². The van der Waals surface area contributed by atoms with Crippen molar-refractivity contribution in [1.29, 1.82) is 0 Å². The number of hydroxylamine groups is 2. The van der Waals surface area contributed by atoms with Gasteiger partial charge in [0, 0.05) is 12.3 Å². The summed E-state index contributed by atoms with van der Waals surface area (Å²) in [5.41, 5.74) is -2.65. The van der Waals surface area contributed by atoms with Crippen molar-refractivity contribution in [1.82, 2.24) is 19.9 Å². The molecule has 0 saturated carbocycles. The van der Waals surface area contributed by atoms with Crippen LogP contribution in [0.5, 0.6) is 0 Å². The van der Waals surface area contributed by atoms with Crippen molar-refractivity contribution in [2.75, 3.05) is 18.5 Å². The number of aliphatic carboxylic acids is 1. The molecule has 1 aromatic carbocycles. The number of carboxylic acids is 1. The number of hydrogen-bond donors (Lipinski definition) is 3. The highest BCUT2D eigenvalue weighted by atomic mass is 32.2. The Bertz CT molecular complexity index is 1190. The highest BCUT2D eigenvalue weighted by Gasteiger charge is 2.52. The molecule has 1 unspecified atom stereocenters. The quantitative estimate of drug-likeness (QED) is 0.252. The van der Waals surface area contributed by atoms with Crippen LogP contribution in [-0.4, -0.2) is 59.4 Å². The van der Waals surface area contributed by atoms with Crippen molar-refractivity contribution in [2.24, 2.45) is 0 Å². The van der Waals surface area contributed by atoms with Crippen molar-refractivity contribution in [3.05, 3.63) is 72.8 Å². The predicted octanol–water partition coefficient (Wildman–Crippen LogP) is 1.72. The summed E-state index contributed by atoms with van der Waals surface area (Å²) in [6, 6.07) is 13.2. The molecule has 0 radical (unpaired) electrons. The molecular formula is C21H23N5O7S. The third-order valence-corrected chi connectivity index (χ3v) is 6.00. The lowest BCUT2D eigenvalue weighted by atomic mass is 10.1. The Morgan fingerprint density at radius 2 is 1.85 bits per heavy atom. The van der Waals surface area contributed by atoms with E-state index < -0.39 is 34.1 Å². The van der Waals surface area contributed by atoms with E-state index in [2.05, 4.69) is 20.2 Å². The van der Waals surface area contributed by atoms with Gasteiger partial charge < -0.3 is 14.9 Å². The number of hydrogen-bond acceptors (Lipinski definition) is 9. The summed E-state index contributed by atoms with van der Waals surface area (Å²) in [7, 11) is -4.45. The van der Waals surface area contributed by atoms with Gasteiger partial charge in [-0.3, -0.25) is 9.63 Å². The second-order valence-electron chi connectivity index (χ2n) is 6.96. The molecule has 34 heavy (non-hydrogen) atoms. The number of aromatic nitrogens is 2. The van der Waals surface area contributed by atoms with Crippen LogP contribution < -0.4 is 10.0 Å². The van der Waals surface area contributed by atoms with Crippen LogP contribution in [0.4, 0.5) is 5.82 Å². The molecule has 0 bridgehead atoms. The zero-order valence-corrected chi connectivity index (χ0v) is 18.9. The second-order valence-corrected chi connectivity index (χ2v) is 8.64. The molecule has 0 aliphatic carbocycles. The van der Waals surface area contributed by atoms with Gasteiger partial charge in [-0.2, -0.15) is 9.79 Å². The summed E-state index contributed by atoms with van der Waals surface area (Å²) in [6.07, 6.45) is 3.05. The Hall–Kier alpha value is -3.81. The van der Waals surface area contributed by atoms with E-state index in [9.17, 15) is 23.1 Å². The molecule has 0 aliphatic heterocycles. The van der Waals surface area contributed by atoms with E-state index in [1.165, 1.54) is 42.7 Å². The molecule has 180 valence electrons. The number of benzene rings is 1. The number of pyridine rings is 1. The van der Waals surface area contributed by atoms with Crippen LogP contribution in [0.2, 0.25) is 0 Å². The largest absolute Gasteiger partial charge is 0.478 e. The van der Waals surface area contributed by atoms with Gasteiger partial charge in [0.05, 0.1) is 24.2 Å². The maximum Gasteiger partial charge on any atom is 0.350 e. The van der Waals surface area contributed by atoms with E-state index in [1.807, 2.05) is 0 Å². The molecule has 3 N–H and O–H groups in total. The van der Waals surface area contributed by atoms with Gasteiger partial charge in [-0.25, -0.2) is 18.2 Å². The van der Waals surface area contributed by atoms with Gasteiger partial charge in [0.15, 0.2) is 0 Å². The molecule has 13 heteroatoms. The van der Waals surface area contributed by atoms with E-state index in [-0.39, 0.29) is 23.1 Å². The number of nitrogens with zero attached hydrogens (tertiary/aromatic N) is 3. The maximum absolute atomic E-state index is 13.2. The third-order valence-electron chi connectivity index (χ3n) is 4.51. The fourth-order valence-electron chi connectivity index (χ4n) is 2.87. The molecule has 0 spiro atoms. The van der Waals surface area contributed by atoms with E-state index in [4.69, 9.17) is 9.36 Å². The first kappa shape index (κ1) is 24.8. The van der Waals surface area contributed by atoms with Crippen molar-refractivity contribution in [3.63, 3.8) is 0 Å². The minimum Gasteiger partial charge on any atom is -0.478 e. The Labute approximate surface area is 195 Å². The van der Waals surface area contributed by atoms with Crippen molar-refractivity contribution >= 4 is 27.7 Å². The standard InChI is InChI=1S/C21H23N5O7S/c1-2-14-32-26(19(27)17-11-13-24-33-17)21(20(28)29,15-23-18-10-6-7-12-22-18)25-34(30,31)16-8-4-3-5-9-16/h3-13,25H,2,14-15H2,1H3,(H,22,23)(H,28,29). The van der Waals surface area contributed by atoms with Crippen LogP contribution in [0, 0.1) is 0 Å². The number of anilines is 1. The topological polar surface area (TPSA) is 164 Å². The average molecular weight is 490 g/mol. The number of rotatable bonds is 12. The summed E-state index contributed by atoms with van der Waals surface area (Å²) in [5, 5.41) is 17.0. The smallest absolute Gasteiger partial charge is 0.350 e. The number of sulfonamides is 1. The Morgan fingerprint density at radius 1 is 1.12 bits per heavy atom. The molecular weight excluding hydrogens is 466 g/mol. The van der Waals surface area contributed by atoms with Crippen LogP contribution in [0.25, 0.3) is 0 Å². The van der Waals surface area contributed by atoms with Gasteiger partial charge in [0.1, 0.15) is 5.82 Å². The lowest BCUT2D eigenvalue weighted by molar-refractivity contribution is -0.203. The Balaban J connectivity index is 2.11. The highest BCUT2D eigenvalue weighted by molar-refractivity contribution is 7.89. The molecule has 2 heterocycles. The number of carbonyl (C=O) groups is 2. The lowest BCUT2D eigenvalue weighted by Crippen LogP contribution is -2.70. The molecule has 12 nitrogen and oxygen atoms in total. The molecule has 3 rings (SSSR count). The lowest BCUT2D eigenvalue weighted by Gasteiger charge is -2.38. The van der Waals surface area contributed by atoms with Gasteiger partial charge in [0.2, 0.25) is 21.4 Å². The summed E-state index contributed by atoms with van der Waals surface area (Å²) in [5.74, 6) is -2.86. The molecule has 0 aliphatic rings. The van der Waals surface area contributed by atoms with Crippen LogP contribution in [-0.2, 0) is 19.7 Å². The predicted molar refractivity (Wildman–Crippen MR) is 119 cm³/mol. The van der Waals surface area contributed by atoms with Crippen molar-refractivity contribution in [3.8, 4) is 0 Å². The summed E-state index contributed by atoms with van der Waals surface area (Å²) in [6.45, 7) is 1.00. The van der Waals surface area contributed by atoms with Crippen LogP contribution in [0.15, 0.2) is 76.4 Å². The first-order valence-electron chi connectivity index (χ1n) is 10.2. The van der Waals surface area contributed by atoms with Gasteiger partial charge in [-0.15, -0.1) is 0 Å². The van der Waals surface area contributed by atoms with Gasteiger partial charge in [0.25, 0.3) is 0 Å². The zero-order chi connectivity index (χ0) is 24.6.